The first kappa shape index (κ1) is 22.0. The fourth-order valence-corrected chi connectivity index (χ4v) is 4.55. The molecule has 8 heteroatoms. The molecule has 1 atom stereocenters. The van der Waals surface area contributed by atoms with Gasteiger partial charge in [0.25, 0.3) is 11.1 Å². The molecular formula is C24H24N2O5S. The molecular weight excluding hydrogens is 428 g/mol. The van der Waals surface area contributed by atoms with Crippen LogP contribution in [0.3, 0.4) is 0 Å². The van der Waals surface area contributed by atoms with Crippen LogP contribution in [0, 0.1) is 0 Å². The second-order valence-electron chi connectivity index (χ2n) is 7.49. The number of hydrogen-bond donors (Lipinski definition) is 1. The van der Waals surface area contributed by atoms with Gasteiger partial charge in [0.15, 0.2) is 11.5 Å². The zero-order valence-corrected chi connectivity index (χ0v) is 18.5. The zero-order valence-electron chi connectivity index (χ0n) is 17.7. The second kappa shape index (κ2) is 9.91. The molecule has 2 aliphatic rings. The van der Waals surface area contributed by atoms with Crippen molar-refractivity contribution in [3.63, 3.8) is 0 Å². The van der Waals surface area contributed by atoms with Crippen molar-refractivity contribution in [1.29, 1.82) is 0 Å². The molecule has 4 rings (SSSR count). The minimum Gasteiger partial charge on any atom is -0.454 e. The molecule has 1 saturated heterocycles. The van der Waals surface area contributed by atoms with Crippen molar-refractivity contribution in [2.75, 3.05) is 19.9 Å². The zero-order chi connectivity index (χ0) is 22.5. The summed E-state index contributed by atoms with van der Waals surface area (Å²) in [5, 5.41) is 2.54. The maximum Gasteiger partial charge on any atom is 0.293 e. The summed E-state index contributed by atoms with van der Waals surface area (Å²) < 4.78 is 10.6. The molecule has 3 amide bonds. The van der Waals surface area contributed by atoms with Crippen LogP contribution in [0.25, 0.3) is 6.08 Å². The lowest BCUT2D eigenvalue weighted by Gasteiger charge is -2.18. The van der Waals surface area contributed by atoms with Crippen LogP contribution in [0.4, 0.5) is 4.79 Å². The molecule has 1 fully saturated rings. The summed E-state index contributed by atoms with van der Waals surface area (Å²) in [5.74, 6) is 0.562. The summed E-state index contributed by atoms with van der Waals surface area (Å²) >= 11 is 0.894. The molecule has 32 heavy (non-hydrogen) atoms. The Balaban J connectivity index is 1.36. The lowest BCUT2D eigenvalue weighted by atomic mass is 9.94. The number of nitrogens with one attached hydrogen (secondary N) is 1. The van der Waals surface area contributed by atoms with Crippen molar-refractivity contribution in [3.8, 4) is 11.5 Å². The molecule has 2 aromatic carbocycles. The number of nitrogens with zero attached hydrogens (tertiary/aromatic N) is 1. The number of amides is 3. The van der Waals surface area contributed by atoms with E-state index in [1.165, 1.54) is 4.90 Å². The van der Waals surface area contributed by atoms with Gasteiger partial charge in [-0.2, -0.15) is 0 Å². The van der Waals surface area contributed by atoms with Crippen LogP contribution >= 0.6 is 11.8 Å². The Kier molecular flexibility index (Phi) is 6.80. The largest absolute Gasteiger partial charge is 0.454 e. The number of carbonyl (C=O) groups excluding carboxylic acids is 3. The Morgan fingerprint density at radius 3 is 2.72 bits per heavy atom. The molecule has 0 bridgehead atoms. The van der Waals surface area contributed by atoms with Gasteiger partial charge >= 0.3 is 0 Å². The highest BCUT2D eigenvalue weighted by Crippen LogP contribution is 2.36. The normalized spacial score (nSPS) is 17.2. The van der Waals surface area contributed by atoms with E-state index in [0.29, 0.717) is 16.4 Å². The standard InChI is InChI=1S/C24H24N2O5S/c1-2-6-18(17-7-4-3-5-8-17)22(27)25-11-12-26-23(28)21(32-24(26)29)14-16-9-10-19-20(13-16)31-15-30-19/h3-5,7-10,13-14,18H,2,6,11-12,15H2,1H3,(H,25,27)/b21-14+/t18-/m1/s1. The summed E-state index contributed by atoms with van der Waals surface area (Å²) in [6, 6.07) is 15.0. The predicted octanol–water partition coefficient (Wildman–Crippen LogP) is 4.15. The molecule has 2 aliphatic heterocycles. The van der Waals surface area contributed by atoms with E-state index in [4.69, 9.17) is 9.47 Å². The summed E-state index contributed by atoms with van der Waals surface area (Å²) in [5.41, 5.74) is 1.71. The van der Waals surface area contributed by atoms with E-state index in [9.17, 15) is 14.4 Å². The number of hydrogen-bond acceptors (Lipinski definition) is 6. The summed E-state index contributed by atoms with van der Waals surface area (Å²) in [6.07, 6.45) is 3.27. The SMILES string of the molecule is CCC[C@@H](C(=O)NCCN1C(=O)S/C(=C/c2ccc3c(c2)OCO3)C1=O)c1ccccc1. The van der Waals surface area contributed by atoms with Crippen LogP contribution in [-0.4, -0.2) is 41.8 Å². The van der Waals surface area contributed by atoms with Crippen molar-refractivity contribution >= 4 is 34.9 Å². The smallest absolute Gasteiger partial charge is 0.293 e. The minimum absolute atomic E-state index is 0.0964. The molecule has 0 saturated carbocycles. The highest BCUT2D eigenvalue weighted by atomic mass is 32.2. The fraction of sp³-hybridized carbons (Fsp3) is 0.292. The van der Waals surface area contributed by atoms with E-state index < -0.39 is 0 Å². The highest BCUT2D eigenvalue weighted by Gasteiger charge is 2.35. The number of benzene rings is 2. The summed E-state index contributed by atoms with van der Waals surface area (Å²) in [4.78, 5) is 39.4. The monoisotopic (exact) mass is 452 g/mol. The van der Waals surface area contributed by atoms with Crippen molar-refractivity contribution in [2.45, 2.75) is 25.7 Å². The Morgan fingerprint density at radius 2 is 1.94 bits per heavy atom. The average Bonchev–Trinajstić information content (AvgIpc) is 3.37. The van der Waals surface area contributed by atoms with Gasteiger partial charge in [-0.15, -0.1) is 0 Å². The molecule has 0 aromatic heterocycles. The van der Waals surface area contributed by atoms with Gasteiger partial charge in [-0.1, -0.05) is 49.7 Å². The van der Waals surface area contributed by atoms with Crippen LogP contribution in [0.1, 0.15) is 36.8 Å². The van der Waals surface area contributed by atoms with Gasteiger partial charge in [-0.25, -0.2) is 0 Å². The molecule has 0 spiro atoms. The van der Waals surface area contributed by atoms with Crippen molar-refractivity contribution in [1.82, 2.24) is 10.2 Å². The maximum atomic E-state index is 12.7. The lowest BCUT2D eigenvalue weighted by Crippen LogP contribution is -2.39. The van der Waals surface area contributed by atoms with Crippen LogP contribution in [0.15, 0.2) is 53.4 Å². The Labute approximate surface area is 190 Å². The average molecular weight is 453 g/mol. The second-order valence-corrected chi connectivity index (χ2v) is 8.48. The van der Waals surface area contributed by atoms with E-state index >= 15 is 0 Å². The fourth-order valence-electron chi connectivity index (χ4n) is 3.68. The number of thioether (sulfide) groups is 1. The van der Waals surface area contributed by atoms with E-state index in [1.807, 2.05) is 37.3 Å². The first-order valence-corrected chi connectivity index (χ1v) is 11.4. The van der Waals surface area contributed by atoms with Gasteiger partial charge in [0, 0.05) is 13.1 Å². The van der Waals surface area contributed by atoms with Gasteiger partial charge in [0.2, 0.25) is 12.7 Å². The van der Waals surface area contributed by atoms with E-state index in [1.54, 1.807) is 24.3 Å². The third kappa shape index (κ3) is 4.80. The quantitative estimate of drug-likeness (QED) is 0.606. The van der Waals surface area contributed by atoms with E-state index in [2.05, 4.69) is 5.32 Å². The third-order valence-electron chi connectivity index (χ3n) is 5.30. The first-order chi connectivity index (χ1) is 15.6. The molecule has 2 heterocycles. The molecule has 0 radical (unpaired) electrons. The number of rotatable bonds is 8. The van der Waals surface area contributed by atoms with Crippen LogP contribution in [0.2, 0.25) is 0 Å². The topological polar surface area (TPSA) is 84.9 Å². The lowest BCUT2D eigenvalue weighted by molar-refractivity contribution is -0.125. The maximum absolute atomic E-state index is 12.7. The minimum atomic E-state index is -0.361. The van der Waals surface area contributed by atoms with Crippen molar-refractivity contribution in [3.05, 3.63) is 64.6 Å². The van der Waals surface area contributed by atoms with Gasteiger partial charge in [0.05, 0.1) is 10.8 Å². The molecule has 1 N–H and O–H groups in total. The predicted molar refractivity (Wildman–Crippen MR) is 122 cm³/mol. The molecule has 0 aliphatic carbocycles. The molecule has 0 unspecified atom stereocenters. The summed E-state index contributed by atoms with van der Waals surface area (Å²) in [6.45, 7) is 2.55. The van der Waals surface area contributed by atoms with Crippen LogP contribution < -0.4 is 14.8 Å². The Hall–Kier alpha value is -3.26. The molecule has 7 nitrogen and oxygen atoms in total. The number of imide groups is 1. The van der Waals surface area contributed by atoms with Crippen LogP contribution in [0.5, 0.6) is 11.5 Å². The number of carbonyl (C=O) groups is 3. The Bertz CT molecular complexity index is 1050. The van der Waals surface area contributed by atoms with Crippen molar-refractivity contribution < 1.29 is 23.9 Å². The third-order valence-corrected chi connectivity index (χ3v) is 6.21. The van der Waals surface area contributed by atoms with Gasteiger partial charge in [-0.05, 0) is 47.5 Å². The molecule has 2 aromatic rings. The van der Waals surface area contributed by atoms with Gasteiger partial charge in [0.1, 0.15) is 0 Å². The highest BCUT2D eigenvalue weighted by molar-refractivity contribution is 8.18. The van der Waals surface area contributed by atoms with E-state index in [0.717, 1.165) is 35.7 Å². The molecule has 166 valence electrons. The van der Waals surface area contributed by atoms with Gasteiger partial charge in [-0.3, -0.25) is 19.3 Å². The van der Waals surface area contributed by atoms with E-state index in [-0.39, 0.29) is 42.9 Å². The first-order valence-electron chi connectivity index (χ1n) is 10.5. The summed E-state index contributed by atoms with van der Waals surface area (Å²) in [7, 11) is 0. The van der Waals surface area contributed by atoms with Crippen molar-refractivity contribution in [2.24, 2.45) is 0 Å². The Morgan fingerprint density at radius 1 is 1.16 bits per heavy atom. The van der Waals surface area contributed by atoms with Crippen LogP contribution in [-0.2, 0) is 9.59 Å². The van der Waals surface area contributed by atoms with Gasteiger partial charge < -0.3 is 14.8 Å². The number of fused-ring (bicyclic) bond motifs is 1. The number of ether oxygens (including phenoxy) is 2.